The lowest BCUT2D eigenvalue weighted by atomic mass is 10.1. The Balaban J connectivity index is 1.60. The van der Waals surface area contributed by atoms with E-state index in [1.165, 1.54) is 57.6 Å². The van der Waals surface area contributed by atoms with Crippen LogP contribution in [0, 0.1) is 0 Å². The summed E-state index contributed by atoms with van der Waals surface area (Å²) in [7, 11) is 5.80. The van der Waals surface area contributed by atoms with Crippen LogP contribution in [0.2, 0.25) is 0 Å². The Hall–Kier alpha value is -4.82. The molecule has 40 heavy (non-hydrogen) atoms. The first kappa shape index (κ1) is 29.7. The molecular weight excluding hydrogens is 537 g/mol. The van der Waals surface area contributed by atoms with Crippen molar-refractivity contribution in [1.82, 2.24) is 25.6 Å². The van der Waals surface area contributed by atoms with Crippen molar-refractivity contribution >= 4 is 18.0 Å². The first-order valence-corrected chi connectivity index (χ1v) is 11.7. The Labute approximate surface area is 227 Å². The smallest absolute Gasteiger partial charge is 0.493 e. The highest BCUT2D eigenvalue weighted by atomic mass is 19.4. The molecule has 0 spiro atoms. The van der Waals surface area contributed by atoms with Crippen molar-refractivity contribution in [2.75, 3.05) is 34.9 Å². The molecular formula is C25H27F3N6O6. The predicted octanol–water partition coefficient (Wildman–Crippen LogP) is 2.80. The number of carbonyl (C=O) groups is 2. The van der Waals surface area contributed by atoms with Crippen LogP contribution in [0.25, 0.3) is 0 Å². The standard InChI is InChI=1S/C25H27F3N6O6/c1-29-13-18(15-5-7-16(8-6-15)40-25(26,27)28)31-24(36)19-14-34(33-32-19)12-11-30-23(35)17-9-10-20(37-2)22(39-4)21(17)38-3/h5-10,13-14,18H,11-12H2,1-4H3,(H,30,35)(H,31,36). The summed E-state index contributed by atoms with van der Waals surface area (Å²) in [6.07, 6.45) is -2.01. The van der Waals surface area contributed by atoms with Gasteiger partial charge in [-0.3, -0.25) is 14.6 Å². The first-order valence-electron chi connectivity index (χ1n) is 11.7. The van der Waals surface area contributed by atoms with Gasteiger partial charge in [-0.25, -0.2) is 4.68 Å². The molecule has 2 N–H and O–H groups in total. The molecule has 0 radical (unpaired) electrons. The van der Waals surface area contributed by atoms with Gasteiger partial charge in [0.1, 0.15) is 5.75 Å². The second-order valence-corrected chi connectivity index (χ2v) is 7.98. The van der Waals surface area contributed by atoms with Gasteiger partial charge in [-0.05, 0) is 29.8 Å². The van der Waals surface area contributed by atoms with E-state index >= 15 is 0 Å². The second-order valence-electron chi connectivity index (χ2n) is 7.98. The number of aliphatic imine (C=N–C) groups is 1. The fraction of sp³-hybridized carbons (Fsp3) is 0.320. The van der Waals surface area contributed by atoms with Gasteiger partial charge >= 0.3 is 6.36 Å². The lowest BCUT2D eigenvalue weighted by Crippen LogP contribution is -2.30. The zero-order valence-corrected chi connectivity index (χ0v) is 22.0. The lowest BCUT2D eigenvalue weighted by molar-refractivity contribution is -0.274. The van der Waals surface area contributed by atoms with E-state index in [0.29, 0.717) is 11.3 Å². The Bertz CT molecular complexity index is 1340. The largest absolute Gasteiger partial charge is 0.573 e. The van der Waals surface area contributed by atoms with E-state index in [0.717, 1.165) is 12.1 Å². The fourth-order valence-electron chi connectivity index (χ4n) is 3.62. The summed E-state index contributed by atoms with van der Waals surface area (Å²) < 4.78 is 58.3. The van der Waals surface area contributed by atoms with Gasteiger partial charge in [-0.1, -0.05) is 17.3 Å². The highest BCUT2D eigenvalue weighted by molar-refractivity contribution is 5.98. The molecule has 0 saturated carbocycles. The molecule has 3 rings (SSSR count). The lowest BCUT2D eigenvalue weighted by Gasteiger charge is -2.15. The van der Waals surface area contributed by atoms with Crippen LogP contribution in [-0.2, 0) is 6.54 Å². The van der Waals surface area contributed by atoms with Crippen molar-refractivity contribution in [2.45, 2.75) is 18.9 Å². The third kappa shape index (κ3) is 7.61. The number of ether oxygens (including phenoxy) is 4. The maximum Gasteiger partial charge on any atom is 0.573 e. The molecule has 2 aromatic carbocycles. The number of halogens is 3. The summed E-state index contributed by atoms with van der Waals surface area (Å²) in [5.41, 5.74) is 0.689. The van der Waals surface area contributed by atoms with Crippen LogP contribution in [0.15, 0.2) is 47.6 Å². The number of benzene rings is 2. The normalized spacial score (nSPS) is 12.1. The van der Waals surface area contributed by atoms with Crippen LogP contribution in [0.4, 0.5) is 13.2 Å². The van der Waals surface area contributed by atoms with Crippen molar-refractivity contribution in [3.63, 3.8) is 0 Å². The van der Waals surface area contributed by atoms with Gasteiger partial charge < -0.3 is 29.6 Å². The maximum atomic E-state index is 12.8. The molecule has 2 amide bonds. The van der Waals surface area contributed by atoms with Gasteiger partial charge in [-0.15, -0.1) is 18.3 Å². The molecule has 1 unspecified atom stereocenters. The van der Waals surface area contributed by atoms with E-state index in [2.05, 4.69) is 30.7 Å². The number of nitrogens with zero attached hydrogens (tertiary/aromatic N) is 4. The number of amides is 2. The number of hydrogen-bond donors (Lipinski definition) is 2. The second kappa shape index (κ2) is 13.3. The molecule has 0 fully saturated rings. The summed E-state index contributed by atoms with van der Waals surface area (Å²) in [5, 5.41) is 13.2. The number of nitrogens with one attached hydrogen (secondary N) is 2. The van der Waals surface area contributed by atoms with Gasteiger partial charge in [0.05, 0.1) is 45.7 Å². The SMILES string of the molecule is CN=CC(NC(=O)c1cn(CCNC(=O)c2ccc(OC)c(OC)c2OC)nn1)c1ccc(OC(F)(F)F)cc1. The minimum Gasteiger partial charge on any atom is -0.493 e. The third-order valence-electron chi connectivity index (χ3n) is 5.40. The minimum absolute atomic E-state index is 0.0144. The van der Waals surface area contributed by atoms with E-state index < -0.39 is 30.0 Å². The minimum atomic E-state index is -4.81. The zero-order valence-electron chi connectivity index (χ0n) is 22.0. The van der Waals surface area contributed by atoms with E-state index in [4.69, 9.17) is 14.2 Å². The number of methoxy groups -OCH3 is 3. The van der Waals surface area contributed by atoms with Gasteiger partial charge in [-0.2, -0.15) is 0 Å². The number of alkyl halides is 3. The number of carbonyl (C=O) groups excluding carboxylic acids is 2. The highest BCUT2D eigenvalue weighted by Crippen LogP contribution is 2.39. The van der Waals surface area contributed by atoms with Crippen LogP contribution in [0.1, 0.15) is 32.5 Å². The van der Waals surface area contributed by atoms with Crippen LogP contribution in [-0.4, -0.2) is 74.3 Å². The predicted molar refractivity (Wildman–Crippen MR) is 136 cm³/mol. The molecule has 0 aliphatic heterocycles. The maximum absolute atomic E-state index is 12.8. The summed E-state index contributed by atoms with van der Waals surface area (Å²) in [5.74, 6) is -0.512. The van der Waals surface area contributed by atoms with Crippen molar-refractivity contribution in [3.8, 4) is 23.0 Å². The third-order valence-corrected chi connectivity index (χ3v) is 5.40. The quantitative estimate of drug-likeness (QED) is 0.321. The van der Waals surface area contributed by atoms with Crippen LogP contribution in [0.5, 0.6) is 23.0 Å². The first-order chi connectivity index (χ1) is 19.1. The molecule has 0 aliphatic rings. The fourth-order valence-corrected chi connectivity index (χ4v) is 3.62. The van der Waals surface area contributed by atoms with Crippen molar-refractivity contribution in [1.29, 1.82) is 0 Å². The zero-order chi connectivity index (χ0) is 29.3. The average molecular weight is 565 g/mol. The van der Waals surface area contributed by atoms with Gasteiger partial charge in [0.15, 0.2) is 17.2 Å². The molecule has 0 saturated heterocycles. The summed E-state index contributed by atoms with van der Waals surface area (Å²) in [6.45, 7) is 0.348. The molecule has 1 heterocycles. The topological polar surface area (TPSA) is 138 Å². The molecule has 0 aliphatic carbocycles. The van der Waals surface area contributed by atoms with Crippen LogP contribution < -0.4 is 29.6 Å². The average Bonchev–Trinajstić information content (AvgIpc) is 3.40. The van der Waals surface area contributed by atoms with E-state index in [-0.39, 0.29) is 35.8 Å². The molecule has 3 aromatic rings. The van der Waals surface area contributed by atoms with Crippen molar-refractivity contribution in [2.24, 2.45) is 4.99 Å². The highest BCUT2D eigenvalue weighted by Gasteiger charge is 2.31. The number of rotatable bonds is 12. The molecule has 12 nitrogen and oxygen atoms in total. The summed E-state index contributed by atoms with van der Waals surface area (Å²) in [6, 6.07) is 7.39. The van der Waals surface area contributed by atoms with Crippen LogP contribution in [0.3, 0.4) is 0 Å². The Kier molecular flexibility index (Phi) is 9.89. The monoisotopic (exact) mass is 564 g/mol. The van der Waals surface area contributed by atoms with Gasteiger partial charge in [0.25, 0.3) is 11.8 Å². The number of aromatic nitrogens is 3. The van der Waals surface area contributed by atoms with Crippen molar-refractivity contribution < 1.29 is 41.7 Å². The molecule has 1 atom stereocenters. The van der Waals surface area contributed by atoms with Crippen LogP contribution >= 0.6 is 0 Å². The summed E-state index contributed by atoms with van der Waals surface area (Å²) in [4.78, 5) is 29.4. The Morgan fingerprint density at radius 1 is 1.02 bits per heavy atom. The Morgan fingerprint density at radius 2 is 1.73 bits per heavy atom. The van der Waals surface area contributed by atoms with E-state index in [1.807, 2.05) is 0 Å². The number of hydrogen-bond acceptors (Lipinski definition) is 9. The van der Waals surface area contributed by atoms with Gasteiger partial charge in [0, 0.05) is 19.8 Å². The van der Waals surface area contributed by atoms with Gasteiger partial charge in [0.2, 0.25) is 5.75 Å². The molecule has 0 bridgehead atoms. The van der Waals surface area contributed by atoms with E-state index in [9.17, 15) is 22.8 Å². The summed E-state index contributed by atoms with van der Waals surface area (Å²) >= 11 is 0. The molecule has 1 aromatic heterocycles. The van der Waals surface area contributed by atoms with E-state index in [1.54, 1.807) is 12.1 Å². The molecule has 15 heteroatoms. The Morgan fingerprint density at radius 3 is 2.33 bits per heavy atom. The van der Waals surface area contributed by atoms with Crippen molar-refractivity contribution in [3.05, 3.63) is 59.4 Å². The molecule has 214 valence electrons.